The Morgan fingerprint density at radius 3 is 2.91 bits per heavy atom. The molecule has 0 N–H and O–H groups in total. The Morgan fingerprint density at radius 2 is 2.14 bits per heavy atom. The molecule has 2 aliphatic rings. The molecule has 0 bridgehead atoms. The van der Waals surface area contributed by atoms with E-state index in [4.69, 9.17) is 4.74 Å². The van der Waals surface area contributed by atoms with Gasteiger partial charge in [0, 0.05) is 37.7 Å². The van der Waals surface area contributed by atoms with Crippen molar-refractivity contribution in [1.82, 2.24) is 14.3 Å². The number of hydrogen-bond acceptors (Lipinski definition) is 6. The van der Waals surface area contributed by atoms with Crippen LogP contribution in [0.2, 0.25) is 0 Å². The number of fused-ring (bicyclic) bond motifs is 1. The molecule has 2 aliphatic heterocycles. The van der Waals surface area contributed by atoms with E-state index < -0.39 is 0 Å². The zero-order valence-electron chi connectivity index (χ0n) is 12.7. The van der Waals surface area contributed by atoms with Gasteiger partial charge < -0.3 is 9.64 Å². The molecule has 0 spiro atoms. The number of anilines is 1. The standard InChI is InChI=1S/C16H20N4OS/c1-12-17-16(22-18-12)20-10-14-15(11-20)21-8-7-19(14)9-13-5-3-2-4-6-13/h2-6,14-15H,7-11H2,1H3/t14-,15+/m0/s1. The van der Waals surface area contributed by atoms with Gasteiger partial charge in [0.1, 0.15) is 5.82 Å². The predicted octanol–water partition coefficient (Wildman–Crippen LogP) is 1.94. The molecule has 6 heteroatoms. The van der Waals surface area contributed by atoms with Gasteiger partial charge in [-0.3, -0.25) is 4.90 Å². The Hall–Kier alpha value is -1.50. The molecule has 0 amide bonds. The third kappa shape index (κ3) is 2.74. The quantitative estimate of drug-likeness (QED) is 0.865. The second-order valence-corrected chi connectivity index (χ2v) is 6.69. The SMILES string of the molecule is Cc1nsc(N2C[C@H]3OCCN(Cc4ccccc4)[C@H]3C2)n1. The number of aromatic nitrogens is 2. The summed E-state index contributed by atoms with van der Waals surface area (Å²) in [5.41, 5.74) is 1.37. The number of ether oxygens (including phenoxy) is 1. The van der Waals surface area contributed by atoms with Crippen molar-refractivity contribution >= 4 is 16.7 Å². The summed E-state index contributed by atoms with van der Waals surface area (Å²) in [4.78, 5) is 9.39. The van der Waals surface area contributed by atoms with Gasteiger partial charge in [0.15, 0.2) is 0 Å². The Bertz CT molecular complexity index is 632. The minimum atomic E-state index is 0.279. The molecule has 1 aromatic carbocycles. The number of benzene rings is 1. The number of aryl methyl sites for hydroxylation is 1. The highest BCUT2D eigenvalue weighted by Crippen LogP contribution is 2.29. The second-order valence-electron chi connectivity index (χ2n) is 5.96. The van der Waals surface area contributed by atoms with Crippen molar-refractivity contribution in [2.75, 3.05) is 31.1 Å². The van der Waals surface area contributed by atoms with E-state index in [2.05, 4.69) is 49.5 Å². The molecule has 1 aromatic heterocycles. The molecule has 0 saturated carbocycles. The van der Waals surface area contributed by atoms with Crippen LogP contribution in [0.3, 0.4) is 0 Å². The van der Waals surface area contributed by atoms with Crippen molar-refractivity contribution in [2.24, 2.45) is 0 Å². The van der Waals surface area contributed by atoms with Gasteiger partial charge in [-0.1, -0.05) is 30.3 Å². The first kappa shape index (κ1) is 14.1. The molecule has 2 saturated heterocycles. The molecular formula is C16H20N4OS. The molecular weight excluding hydrogens is 296 g/mol. The van der Waals surface area contributed by atoms with Crippen LogP contribution in [0.1, 0.15) is 11.4 Å². The van der Waals surface area contributed by atoms with Gasteiger partial charge in [-0.15, -0.1) is 0 Å². The fraction of sp³-hybridized carbons (Fsp3) is 0.500. The molecule has 5 nitrogen and oxygen atoms in total. The maximum atomic E-state index is 6.00. The van der Waals surface area contributed by atoms with Crippen molar-refractivity contribution in [3.05, 3.63) is 41.7 Å². The van der Waals surface area contributed by atoms with Gasteiger partial charge in [-0.25, -0.2) is 4.98 Å². The van der Waals surface area contributed by atoms with Crippen LogP contribution in [-0.4, -0.2) is 52.6 Å². The Balaban J connectivity index is 1.49. The van der Waals surface area contributed by atoms with Crippen LogP contribution in [0.5, 0.6) is 0 Å². The van der Waals surface area contributed by atoms with Gasteiger partial charge in [-0.2, -0.15) is 4.37 Å². The first-order chi connectivity index (χ1) is 10.8. The van der Waals surface area contributed by atoms with Crippen molar-refractivity contribution in [2.45, 2.75) is 25.6 Å². The van der Waals surface area contributed by atoms with Gasteiger partial charge >= 0.3 is 0 Å². The van der Waals surface area contributed by atoms with Crippen LogP contribution in [0.15, 0.2) is 30.3 Å². The van der Waals surface area contributed by atoms with Gasteiger partial charge in [0.2, 0.25) is 5.13 Å². The number of morpholine rings is 1. The Kier molecular flexibility index (Phi) is 3.82. The molecule has 2 atom stereocenters. The van der Waals surface area contributed by atoms with E-state index in [-0.39, 0.29) is 6.10 Å². The van der Waals surface area contributed by atoms with Crippen molar-refractivity contribution in [1.29, 1.82) is 0 Å². The molecule has 4 rings (SSSR count). The molecule has 2 aromatic rings. The van der Waals surface area contributed by atoms with E-state index in [9.17, 15) is 0 Å². The summed E-state index contributed by atoms with van der Waals surface area (Å²) in [7, 11) is 0. The summed E-state index contributed by atoms with van der Waals surface area (Å²) >= 11 is 1.49. The van der Waals surface area contributed by atoms with E-state index in [1.54, 1.807) is 0 Å². The Morgan fingerprint density at radius 1 is 1.27 bits per heavy atom. The highest BCUT2D eigenvalue weighted by Gasteiger charge is 2.40. The lowest BCUT2D eigenvalue weighted by molar-refractivity contribution is -0.0499. The lowest BCUT2D eigenvalue weighted by Crippen LogP contribution is -2.50. The van der Waals surface area contributed by atoms with Crippen LogP contribution in [0.4, 0.5) is 5.13 Å². The zero-order chi connectivity index (χ0) is 14.9. The van der Waals surface area contributed by atoms with Crippen molar-refractivity contribution in [3.8, 4) is 0 Å². The lowest BCUT2D eigenvalue weighted by atomic mass is 10.1. The summed E-state index contributed by atoms with van der Waals surface area (Å²) in [6.45, 7) is 6.66. The van der Waals surface area contributed by atoms with Crippen LogP contribution in [0, 0.1) is 6.92 Å². The maximum absolute atomic E-state index is 6.00. The van der Waals surface area contributed by atoms with Crippen LogP contribution < -0.4 is 4.90 Å². The minimum Gasteiger partial charge on any atom is -0.373 e. The van der Waals surface area contributed by atoms with Gasteiger partial charge in [-0.05, 0) is 12.5 Å². The van der Waals surface area contributed by atoms with Crippen molar-refractivity contribution in [3.63, 3.8) is 0 Å². The average molecular weight is 316 g/mol. The third-order valence-electron chi connectivity index (χ3n) is 4.43. The van der Waals surface area contributed by atoms with Crippen molar-refractivity contribution < 1.29 is 4.74 Å². The fourth-order valence-corrected chi connectivity index (χ4v) is 4.04. The zero-order valence-corrected chi connectivity index (χ0v) is 13.5. The van der Waals surface area contributed by atoms with Gasteiger partial charge in [0.05, 0.1) is 18.8 Å². The molecule has 2 fully saturated rings. The smallest absolute Gasteiger partial charge is 0.205 e. The molecule has 0 radical (unpaired) electrons. The van der Waals surface area contributed by atoms with Gasteiger partial charge in [0.25, 0.3) is 0 Å². The molecule has 0 unspecified atom stereocenters. The van der Waals surface area contributed by atoms with E-state index >= 15 is 0 Å². The molecule has 116 valence electrons. The lowest BCUT2D eigenvalue weighted by Gasteiger charge is -2.36. The maximum Gasteiger partial charge on any atom is 0.205 e. The highest BCUT2D eigenvalue weighted by atomic mass is 32.1. The summed E-state index contributed by atoms with van der Waals surface area (Å²) in [5, 5.41) is 1.02. The fourth-order valence-electron chi connectivity index (χ4n) is 3.34. The highest BCUT2D eigenvalue weighted by molar-refractivity contribution is 7.09. The van der Waals surface area contributed by atoms with Crippen LogP contribution >= 0.6 is 11.5 Å². The van der Waals surface area contributed by atoms with E-state index in [1.165, 1.54) is 17.1 Å². The molecule has 3 heterocycles. The summed E-state index contributed by atoms with van der Waals surface area (Å²) < 4.78 is 10.3. The predicted molar refractivity (Wildman–Crippen MR) is 87.2 cm³/mol. The number of rotatable bonds is 3. The third-order valence-corrected chi connectivity index (χ3v) is 5.30. The van der Waals surface area contributed by atoms with E-state index in [1.807, 2.05) is 6.92 Å². The minimum absolute atomic E-state index is 0.279. The number of hydrogen-bond donors (Lipinski definition) is 0. The van der Waals surface area contributed by atoms with Crippen LogP contribution in [-0.2, 0) is 11.3 Å². The first-order valence-corrected chi connectivity index (χ1v) is 8.52. The van der Waals surface area contributed by atoms with E-state index in [0.717, 1.165) is 43.7 Å². The Labute approximate surface area is 134 Å². The largest absolute Gasteiger partial charge is 0.373 e. The van der Waals surface area contributed by atoms with E-state index in [0.29, 0.717) is 6.04 Å². The number of nitrogens with zero attached hydrogens (tertiary/aromatic N) is 4. The average Bonchev–Trinajstić information content (AvgIpc) is 3.15. The topological polar surface area (TPSA) is 41.5 Å². The summed E-state index contributed by atoms with van der Waals surface area (Å²) in [5.74, 6) is 0.858. The molecule has 22 heavy (non-hydrogen) atoms. The monoisotopic (exact) mass is 316 g/mol. The second kappa shape index (κ2) is 5.95. The normalized spacial score (nSPS) is 25.4. The van der Waals surface area contributed by atoms with Crippen LogP contribution in [0.25, 0.3) is 0 Å². The molecule has 0 aliphatic carbocycles. The summed E-state index contributed by atoms with van der Waals surface area (Å²) in [6, 6.07) is 11.1. The summed E-state index contributed by atoms with van der Waals surface area (Å²) in [6.07, 6.45) is 0.279. The first-order valence-electron chi connectivity index (χ1n) is 7.74.